The van der Waals surface area contributed by atoms with E-state index in [1.165, 1.54) is 6.42 Å². The van der Waals surface area contributed by atoms with Crippen LogP contribution in [-0.4, -0.2) is 102 Å². The third-order valence-electron chi connectivity index (χ3n) is 6.74. The van der Waals surface area contributed by atoms with Crippen molar-refractivity contribution in [2.24, 2.45) is 0 Å². The summed E-state index contributed by atoms with van der Waals surface area (Å²) < 4.78 is 11.2. The molecule has 0 N–H and O–H groups in total. The standard InChI is InChI=1S/C21H35N5O3/c1-17-13-19(29-22-17)15-25-11-6-21(7-12-25)16-26(20(27)28-21)9-4-8-24-10-5-18(14-24)23(2)3/h13,18H,4-12,14-16H2,1-3H3/t18-/m0/s1. The minimum absolute atomic E-state index is 0.128. The zero-order chi connectivity index (χ0) is 20.4. The number of hydrogen-bond donors (Lipinski definition) is 0. The molecule has 0 radical (unpaired) electrons. The lowest BCUT2D eigenvalue weighted by Gasteiger charge is -2.36. The maximum Gasteiger partial charge on any atom is 0.410 e. The molecule has 1 atom stereocenters. The van der Waals surface area contributed by atoms with Crippen molar-refractivity contribution in [3.05, 3.63) is 17.5 Å². The Morgan fingerprint density at radius 1 is 1.21 bits per heavy atom. The molecule has 3 saturated heterocycles. The highest BCUT2D eigenvalue weighted by Gasteiger charge is 2.46. The highest BCUT2D eigenvalue weighted by molar-refractivity contribution is 5.70. The normalized spacial score (nSPS) is 25.4. The zero-order valence-electron chi connectivity index (χ0n) is 18.1. The number of amides is 1. The molecule has 0 aromatic carbocycles. The minimum atomic E-state index is -0.297. The first-order chi connectivity index (χ1) is 13.9. The molecule has 3 fully saturated rings. The molecule has 162 valence electrons. The first kappa shape index (κ1) is 20.6. The van der Waals surface area contributed by atoms with Crippen LogP contribution in [0.15, 0.2) is 10.6 Å². The zero-order valence-corrected chi connectivity index (χ0v) is 18.1. The minimum Gasteiger partial charge on any atom is -0.441 e. The Bertz CT molecular complexity index is 698. The number of aromatic nitrogens is 1. The fourth-order valence-corrected chi connectivity index (χ4v) is 4.88. The molecule has 0 bridgehead atoms. The summed E-state index contributed by atoms with van der Waals surface area (Å²) in [4.78, 5) is 21.6. The number of ether oxygens (including phenoxy) is 1. The van der Waals surface area contributed by atoms with Crippen LogP contribution in [-0.2, 0) is 11.3 Å². The maximum absolute atomic E-state index is 12.4. The molecule has 0 saturated carbocycles. The third kappa shape index (κ3) is 4.92. The largest absolute Gasteiger partial charge is 0.441 e. The van der Waals surface area contributed by atoms with E-state index in [2.05, 4.69) is 34.0 Å². The highest BCUT2D eigenvalue weighted by atomic mass is 16.6. The lowest BCUT2D eigenvalue weighted by atomic mass is 9.91. The van der Waals surface area contributed by atoms with Crippen molar-refractivity contribution in [2.45, 2.75) is 50.8 Å². The summed E-state index contributed by atoms with van der Waals surface area (Å²) in [5.74, 6) is 0.905. The predicted molar refractivity (Wildman–Crippen MR) is 110 cm³/mol. The summed E-state index contributed by atoms with van der Waals surface area (Å²) in [6, 6.07) is 2.66. The second kappa shape index (κ2) is 8.62. The Balaban J connectivity index is 1.19. The molecule has 8 nitrogen and oxygen atoms in total. The summed E-state index contributed by atoms with van der Waals surface area (Å²) in [6.07, 6.45) is 3.91. The fourth-order valence-electron chi connectivity index (χ4n) is 4.88. The number of carbonyl (C=O) groups is 1. The third-order valence-corrected chi connectivity index (χ3v) is 6.74. The summed E-state index contributed by atoms with van der Waals surface area (Å²) in [5.41, 5.74) is 0.620. The van der Waals surface area contributed by atoms with Gasteiger partial charge < -0.3 is 24.0 Å². The van der Waals surface area contributed by atoms with Crippen molar-refractivity contribution in [2.75, 3.05) is 59.9 Å². The number of likely N-dealkylation sites (tertiary alicyclic amines) is 2. The topological polar surface area (TPSA) is 65.3 Å². The van der Waals surface area contributed by atoms with Gasteiger partial charge in [0.05, 0.1) is 18.8 Å². The molecule has 3 aliphatic rings. The predicted octanol–water partition coefficient (Wildman–Crippen LogP) is 1.80. The average Bonchev–Trinajstić information content (AvgIpc) is 3.38. The van der Waals surface area contributed by atoms with Gasteiger partial charge in [0.25, 0.3) is 0 Å². The molecule has 29 heavy (non-hydrogen) atoms. The lowest BCUT2D eigenvalue weighted by Crippen LogP contribution is -2.46. The van der Waals surface area contributed by atoms with Gasteiger partial charge in [0.2, 0.25) is 0 Å². The van der Waals surface area contributed by atoms with E-state index in [0.717, 1.165) is 83.1 Å². The number of piperidine rings is 1. The molecule has 1 aromatic rings. The summed E-state index contributed by atoms with van der Waals surface area (Å²) >= 11 is 0. The van der Waals surface area contributed by atoms with Gasteiger partial charge in [0.15, 0.2) is 5.76 Å². The summed E-state index contributed by atoms with van der Waals surface area (Å²) in [5, 5.41) is 3.96. The van der Waals surface area contributed by atoms with Gasteiger partial charge in [-0.15, -0.1) is 0 Å². The smallest absolute Gasteiger partial charge is 0.410 e. The van der Waals surface area contributed by atoms with Crippen molar-refractivity contribution in [1.29, 1.82) is 0 Å². The van der Waals surface area contributed by atoms with Crippen LogP contribution in [0.2, 0.25) is 0 Å². The van der Waals surface area contributed by atoms with Crippen molar-refractivity contribution >= 4 is 6.09 Å². The SMILES string of the molecule is Cc1cc(CN2CCC3(CC2)CN(CCCN2CC[C@H](N(C)C)C2)C(=O)O3)on1. The van der Waals surface area contributed by atoms with Gasteiger partial charge in [0, 0.05) is 51.1 Å². The van der Waals surface area contributed by atoms with Crippen LogP contribution in [0, 0.1) is 6.92 Å². The van der Waals surface area contributed by atoms with Gasteiger partial charge in [-0.3, -0.25) is 4.90 Å². The van der Waals surface area contributed by atoms with Gasteiger partial charge in [-0.05, 0) is 47.0 Å². The van der Waals surface area contributed by atoms with Gasteiger partial charge in [-0.2, -0.15) is 0 Å². The Morgan fingerprint density at radius 2 is 2.00 bits per heavy atom. The van der Waals surface area contributed by atoms with E-state index < -0.39 is 0 Å². The van der Waals surface area contributed by atoms with Crippen LogP contribution >= 0.6 is 0 Å². The molecule has 3 aliphatic heterocycles. The molecule has 1 amide bonds. The van der Waals surface area contributed by atoms with Gasteiger partial charge in [-0.1, -0.05) is 5.16 Å². The number of hydrogen-bond acceptors (Lipinski definition) is 7. The number of likely N-dealkylation sites (N-methyl/N-ethyl adjacent to an activating group) is 1. The Labute approximate surface area is 173 Å². The van der Waals surface area contributed by atoms with E-state index in [-0.39, 0.29) is 11.7 Å². The second-order valence-electron chi connectivity index (χ2n) is 9.24. The fraction of sp³-hybridized carbons (Fsp3) is 0.810. The summed E-state index contributed by atoms with van der Waals surface area (Å²) in [6.45, 7) is 9.45. The van der Waals surface area contributed by atoms with Crippen LogP contribution < -0.4 is 0 Å². The Kier molecular flexibility index (Phi) is 6.13. The van der Waals surface area contributed by atoms with E-state index >= 15 is 0 Å². The average molecular weight is 406 g/mol. The van der Waals surface area contributed by atoms with Gasteiger partial charge in [0.1, 0.15) is 5.60 Å². The number of carbonyl (C=O) groups excluding carboxylic acids is 1. The van der Waals surface area contributed by atoms with E-state index in [9.17, 15) is 4.79 Å². The van der Waals surface area contributed by atoms with Crippen LogP contribution in [0.3, 0.4) is 0 Å². The molecular weight excluding hydrogens is 370 g/mol. The molecule has 1 aromatic heterocycles. The van der Waals surface area contributed by atoms with Crippen molar-refractivity contribution in [1.82, 2.24) is 24.8 Å². The number of aryl methyl sites for hydroxylation is 1. The summed E-state index contributed by atoms with van der Waals surface area (Å²) in [7, 11) is 4.32. The van der Waals surface area contributed by atoms with E-state index in [4.69, 9.17) is 9.26 Å². The Morgan fingerprint density at radius 3 is 2.66 bits per heavy atom. The maximum atomic E-state index is 12.4. The van der Waals surface area contributed by atoms with Crippen LogP contribution in [0.25, 0.3) is 0 Å². The van der Waals surface area contributed by atoms with Crippen molar-refractivity contribution in [3.63, 3.8) is 0 Å². The molecule has 1 spiro atoms. The van der Waals surface area contributed by atoms with Crippen LogP contribution in [0.5, 0.6) is 0 Å². The van der Waals surface area contributed by atoms with Crippen molar-refractivity contribution in [3.8, 4) is 0 Å². The van der Waals surface area contributed by atoms with Crippen LogP contribution in [0.1, 0.15) is 37.1 Å². The molecule has 4 rings (SSSR count). The van der Waals surface area contributed by atoms with E-state index in [1.807, 2.05) is 17.9 Å². The first-order valence-corrected chi connectivity index (χ1v) is 10.9. The highest BCUT2D eigenvalue weighted by Crippen LogP contribution is 2.33. The molecule has 0 aliphatic carbocycles. The lowest BCUT2D eigenvalue weighted by molar-refractivity contribution is -0.00296. The van der Waals surface area contributed by atoms with Crippen LogP contribution in [0.4, 0.5) is 4.79 Å². The molecule has 4 heterocycles. The number of nitrogens with zero attached hydrogens (tertiary/aromatic N) is 5. The number of rotatable bonds is 7. The second-order valence-corrected chi connectivity index (χ2v) is 9.24. The van der Waals surface area contributed by atoms with E-state index in [1.54, 1.807) is 0 Å². The molecule has 0 unspecified atom stereocenters. The first-order valence-electron chi connectivity index (χ1n) is 10.9. The quantitative estimate of drug-likeness (QED) is 0.685. The molecular formula is C21H35N5O3. The Hall–Kier alpha value is -1.64. The van der Waals surface area contributed by atoms with Crippen molar-refractivity contribution < 1.29 is 14.1 Å². The van der Waals surface area contributed by atoms with Gasteiger partial charge >= 0.3 is 6.09 Å². The van der Waals surface area contributed by atoms with E-state index in [0.29, 0.717) is 6.04 Å². The van der Waals surface area contributed by atoms with Gasteiger partial charge in [-0.25, -0.2) is 4.79 Å². The monoisotopic (exact) mass is 405 g/mol. The molecule has 8 heteroatoms.